The van der Waals surface area contributed by atoms with Crippen LogP contribution in [0, 0.1) is 5.41 Å². The highest BCUT2D eigenvalue weighted by atomic mass is 16.3. The number of nitrogens with one attached hydrogen (secondary N) is 1. The molecule has 1 aliphatic heterocycles. The van der Waals surface area contributed by atoms with E-state index in [9.17, 15) is 5.11 Å². The Morgan fingerprint density at radius 3 is 2.35 bits per heavy atom. The summed E-state index contributed by atoms with van der Waals surface area (Å²) in [6, 6.07) is 0. The first-order valence-electron chi connectivity index (χ1n) is 6.89. The van der Waals surface area contributed by atoms with Crippen LogP contribution in [0.3, 0.4) is 0 Å². The molecule has 1 saturated heterocycles. The van der Waals surface area contributed by atoms with Crippen molar-refractivity contribution in [2.24, 2.45) is 5.41 Å². The van der Waals surface area contributed by atoms with Gasteiger partial charge in [0.2, 0.25) is 0 Å². The molecular weight excluding hydrogens is 212 g/mol. The van der Waals surface area contributed by atoms with E-state index in [4.69, 9.17) is 0 Å². The van der Waals surface area contributed by atoms with Crippen molar-refractivity contribution in [2.75, 3.05) is 26.2 Å². The Balaban J connectivity index is 2.44. The lowest BCUT2D eigenvalue weighted by atomic mass is 9.86. The van der Waals surface area contributed by atoms with Gasteiger partial charge in [0.25, 0.3) is 0 Å². The zero-order valence-corrected chi connectivity index (χ0v) is 12.2. The standard InChI is InChI=1S/C14H30N2O/c1-6-14(5,10-15-13(2,3)4)11-16-8-7-12(17)9-16/h12,15,17H,6-11H2,1-5H3. The third-order valence-corrected chi connectivity index (χ3v) is 3.75. The summed E-state index contributed by atoms with van der Waals surface area (Å²) in [6.07, 6.45) is 2.00. The van der Waals surface area contributed by atoms with Crippen molar-refractivity contribution in [2.45, 2.75) is 59.1 Å². The Labute approximate surface area is 107 Å². The summed E-state index contributed by atoms with van der Waals surface area (Å²) in [4.78, 5) is 2.40. The van der Waals surface area contributed by atoms with E-state index in [-0.39, 0.29) is 11.6 Å². The van der Waals surface area contributed by atoms with Crippen LogP contribution in [0.2, 0.25) is 0 Å². The Kier molecular flexibility index (Phi) is 4.99. The first-order valence-corrected chi connectivity index (χ1v) is 6.89. The average molecular weight is 242 g/mol. The molecule has 102 valence electrons. The van der Waals surface area contributed by atoms with Crippen LogP contribution in [-0.2, 0) is 0 Å². The van der Waals surface area contributed by atoms with Crippen molar-refractivity contribution >= 4 is 0 Å². The second-order valence-electron chi connectivity index (χ2n) is 6.95. The number of β-amino-alcohol motifs (C(OH)–C–C–N with tert-alkyl or cyclic N) is 1. The molecule has 1 aliphatic rings. The molecule has 0 aliphatic carbocycles. The highest BCUT2D eigenvalue weighted by molar-refractivity contribution is 4.86. The zero-order chi connectivity index (χ0) is 13.1. The quantitative estimate of drug-likeness (QED) is 0.772. The van der Waals surface area contributed by atoms with Crippen molar-refractivity contribution in [3.8, 4) is 0 Å². The fourth-order valence-corrected chi connectivity index (χ4v) is 2.27. The van der Waals surface area contributed by atoms with Gasteiger partial charge in [-0.25, -0.2) is 0 Å². The van der Waals surface area contributed by atoms with Gasteiger partial charge in [0.15, 0.2) is 0 Å². The summed E-state index contributed by atoms with van der Waals surface area (Å²) in [5.74, 6) is 0. The van der Waals surface area contributed by atoms with E-state index in [2.05, 4.69) is 44.8 Å². The lowest BCUT2D eigenvalue weighted by molar-refractivity contribution is 0.138. The second kappa shape index (κ2) is 5.68. The molecule has 17 heavy (non-hydrogen) atoms. The van der Waals surface area contributed by atoms with Gasteiger partial charge in [-0.2, -0.15) is 0 Å². The fourth-order valence-electron chi connectivity index (χ4n) is 2.27. The second-order valence-corrected chi connectivity index (χ2v) is 6.95. The normalized spacial score (nSPS) is 26.1. The van der Waals surface area contributed by atoms with Gasteiger partial charge in [0.05, 0.1) is 6.10 Å². The molecule has 2 N–H and O–H groups in total. The van der Waals surface area contributed by atoms with E-state index >= 15 is 0 Å². The number of hydrogen-bond acceptors (Lipinski definition) is 3. The molecule has 0 radical (unpaired) electrons. The Morgan fingerprint density at radius 2 is 1.94 bits per heavy atom. The number of aliphatic hydroxyl groups is 1. The number of nitrogens with zero attached hydrogens (tertiary/aromatic N) is 1. The Bertz CT molecular complexity index is 237. The maximum atomic E-state index is 9.57. The first kappa shape index (κ1) is 14.9. The molecule has 1 heterocycles. The van der Waals surface area contributed by atoms with Crippen LogP contribution in [-0.4, -0.2) is 47.8 Å². The predicted molar refractivity (Wildman–Crippen MR) is 73.2 cm³/mol. The molecule has 0 aromatic carbocycles. The van der Waals surface area contributed by atoms with Gasteiger partial charge in [0.1, 0.15) is 0 Å². The largest absolute Gasteiger partial charge is 0.392 e. The summed E-state index contributed by atoms with van der Waals surface area (Å²) in [7, 11) is 0. The predicted octanol–water partition coefficient (Wildman–Crippen LogP) is 1.86. The maximum absolute atomic E-state index is 9.57. The van der Waals surface area contributed by atoms with Crippen LogP contribution in [0.4, 0.5) is 0 Å². The highest BCUT2D eigenvalue weighted by Gasteiger charge is 2.30. The highest BCUT2D eigenvalue weighted by Crippen LogP contribution is 2.24. The van der Waals surface area contributed by atoms with E-state index in [0.29, 0.717) is 5.41 Å². The Hall–Kier alpha value is -0.120. The molecule has 0 bridgehead atoms. The summed E-state index contributed by atoms with van der Waals surface area (Å²) in [5, 5.41) is 13.2. The molecule has 0 aromatic heterocycles. The monoisotopic (exact) mass is 242 g/mol. The molecule has 1 rings (SSSR count). The lowest BCUT2D eigenvalue weighted by Gasteiger charge is -2.36. The van der Waals surface area contributed by atoms with Crippen LogP contribution < -0.4 is 5.32 Å². The van der Waals surface area contributed by atoms with E-state index in [1.165, 1.54) is 6.42 Å². The molecule has 3 nitrogen and oxygen atoms in total. The molecular formula is C14H30N2O. The summed E-state index contributed by atoms with van der Waals surface area (Å²) < 4.78 is 0. The van der Waals surface area contributed by atoms with Crippen LogP contribution in [0.1, 0.15) is 47.5 Å². The molecule has 2 unspecified atom stereocenters. The molecule has 0 spiro atoms. The van der Waals surface area contributed by atoms with Crippen molar-refractivity contribution in [1.82, 2.24) is 10.2 Å². The van der Waals surface area contributed by atoms with Crippen LogP contribution in [0.25, 0.3) is 0 Å². The third-order valence-electron chi connectivity index (χ3n) is 3.75. The summed E-state index contributed by atoms with van der Waals surface area (Å²) in [5.41, 5.74) is 0.484. The zero-order valence-electron chi connectivity index (χ0n) is 12.2. The number of rotatable bonds is 5. The first-order chi connectivity index (χ1) is 7.74. The van der Waals surface area contributed by atoms with Crippen molar-refractivity contribution in [1.29, 1.82) is 0 Å². The maximum Gasteiger partial charge on any atom is 0.0679 e. The number of aliphatic hydroxyl groups excluding tert-OH is 1. The van der Waals surface area contributed by atoms with Crippen molar-refractivity contribution < 1.29 is 5.11 Å². The minimum Gasteiger partial charge on any atom is -0.392 e. The van der Waals surface area contributed by atoms with Crippen molar-refractivity contribution in [3.05, 3.63) is 0 Å². The average Bonchev–Trinajstić information content (AvgIpc) is 2.60. The minimum atomic E-state index is -0.105. The van der Waals surface area contributed by atoms with Gasteiger partial charge in [-0.3, -0.25) is 0 Å². The Morgan fingerprint density at radius 1 is 1.29 bits per heavy atom. The lowest BCUT2D eigenvalue weighted by Crippen LogP contribution is -2.47. The van der Waals surface area contributed by atoms with Crippen molar-refractivity contribution in [3.63, 3.8) is 0 Å². The number of hydrogen-bond donors (Lipinski definition) is 2. The third kappa shape index (κ3) is 5.36. The van der Waals surface area contributed by atoms with Gasteiger partial charge in [0, 0.05) is 31.7 Å². The van der Waals surface area contributed by atoms with Gasteiger partial charge < -0.3 is 15.3 Å². The molecule has 0 aromatic rings. The molecule has 3 heteroatoms. The van der Waals surface area contributed by atoms with Crippen LogP contribution >= 0.6 is 0 Å². The molecule has 0 saturated carbocycles. The summed E-state index contributed by atoms with van der Waals surface area (Å²) >= 11 is 0. The van der Waals surface area contributed by atoms with E-state index < -0.39 is 0 Å². The molecule has 1 fully saturated rings. The van der Waals surface area contributed by atoms with Gasteiger partial charge >= 0.3 is 0 Å². The SMILES string of the molecule is CCC(C)(CNC(C)(C)C)CN1CCC(O)C1. The fraction of sp³-hybridized carbons (Fsp3) is 1.00. The van der Waals surface area contributed by atoms with Gasteiger partial charge in [-0.05, 0) is 39.0 Å². The van der Waals surface area contributed by atoms with Gasteiger partial charge in [-0.1, -0.05) is 13.8 Å². The topological polar surface area (TPSA) is 35.5 Å². The van der Waals surface area contributed by atoms with E-state index in [1.54, 1.807) is 0 Å². The van der Waals surface area contributed by atoms with E-state index in [1.807, 2.05) is 0 Å². The van der Waals surface area contributed by atoms with E-state index in [0.717, 1.165) is 32.6 Å². The molecule has 2 atom stereocenters. The van der Waals surface area contributed by atoms with Gasteiger partial charge in [-0.15, -0.1) is 0 Å². The van der Waals surface area contributed by atoms with Crippen LogP contribution in [0.5, 0.6) is 0 Å². The minimum absolute atomic E-state index is 0.105. The number of likely N-dealkylation sites (tertiary alicyclic amines) is 1. The smallest absolute Gasteiger partial charge is 0.0679 e. The molecule has 0 amide bonds. The van der Waals surface area contributed by atoms with Crippen LogP contribution in [0.15, 0.2) is 0 Å². The summed E-state index contributed by atoms with van der Waals surface area (Å²) in [6.45, 7) is 15.3.